The summed E-state index contributed by atoms with van der Waals surface area (Å²) < 4.78 is 5.52. The normalized spacial score (nSPS) is 10.3. The third-order valence-electron chi connectivity index (χ3n) is 2.62. The van der Waals surface area contributed by atoms with Crippen molar-refractivity contribution in [2.45, 2.75) is 6.92 Å². The van der Waals surface area contributed by atoms with E-state index in [9.17, 15) is 0 Å². The highest BCUT2D eigenvalue weighted by Crippen LogP contribution is 2.15. The van der Waals surface area contributed by atoms with Crippen molar-refractivity contribution in [3.05, 3.63) is 60.2 Å². The van der Waals surface area contributed by atoms with Gasteiger partial charge < -0.3 is 10.1 Å². The summed E-state index contributed by atoms with van der Waals surface area (Å²) in [5.41, 5.74) is 4.60. The second kappa shape index (κ2) is 8.01. The number of hydrogen-bond donors (Lipinski definition) is 2. The molecule has 0 heterocycles. The van der Waals surface area contributed by atoms with Crippen LogP contribution in [0, 0.1) is 0 Å². The van der Waals surface area contributed by atoms with Crippen LogP contribution in [0.4, 0.5) is 5.69 Å². The average Bonchev–Trinajstić information content (AvgIpc) is 2.50. The molecule has 0 saturated carbocycles. The molecular formula is C16H17N3OS. The molecule has 2 aromatic carbocycles. The number of thiocarbonyl (C=S) groups is 1. The van der Waals surface area contributed by atoms with Crippen LogP contribution in [0.15, 0.2) is 59.7 Å². The van der Waals surface area contributed by atoms with Crippen LogP contribution in [0.2, 0.25) is 0 Å². The van der Waals surface area contributed by atoms with Crippen LogP contribution in [-0.4, -0.2) is 17.9 Å². The predicted octanol–water partition coefficient (Wildman–Crippen LogP) is 3.41. The zero-order valence-corrected chi connectivity index (χ0v) is 12.6. The van der Waals surface area contributed by atoms with Gasteiger partial charge in [0.2, 0.25) is 0 Å². The first-order chi connectivity index (χ1) is 10.3. The van der Waals surface area contributed by atoms with E-state index < -0.39 is 0 Å². The summed E-state index contributed by atoms with van der Waals surface area (Å²) >= 11 is 5.17. The lowest BCUT2D eigenvalue weighted by atomic mass is 10.2. The van der Waals surface area contributed by atoms with E-state index >= 15 is 0 Å². The van der Waals surface area contributed by atoms with Gasteiger partial charge in [0.05, 0.1) is 12.8 Å². The summed E-state index contributed by atoms with van der Waals surface area (Å²) in [5.74, 6) is 0.799. The molecule has 2 N–H and O–H groups in total. The van der Waals surface area contributed by atoms with Gasteiger partial charge in [0.1, 0.15) is 5.75 Å². The topological polar surface area (TPSA) is 45.6 Å². The monoisotopic (exact) mass is 299 g/mol. The molecule has 21 heavy (non-hydrogen) atoms. The van der Waals surface area contributed by atoms with Crippen molar-refractivity contribution in [1.29, 1.82) is 0 Å². The number of nitrogens with one attached hydrogen (secondary N) is 2. The second-order valence-electron chi connectivity index (χ2n) is 4.16. The van der Waals surface area contributed by atoms with Crippen LogP contribution < -0.4 is 15.5 Å². The van der Waals surface area contributed by atoms with Crippen molar-refractivity contribution in [3.8, 4) is 5.75 Å². The van der Waals surface area contributed by atoms with Crippen molar-refractivity contribution < 1.29 is 4.74 Å². The molecule has 0 spiro atoms. The summed E-state index contributed by atoms with van der Waals surface area (Å²) in [6.45, 7) is 2.57. The molecule has 2 aromatic rings. The number of nitrogens with zero attached hydrogens (tertiary/aromatic N) is 1. The van der Waals surface area contributed by atoms with Crippen molar-refractivity contribution in [2.75, 3.05) is 11.9 Å². The Kier molecular flexibility index (Phi) is 5.72. The van der Waals surface area contributed by atoms with Gasteiger partial charge in [0.25, 0.3) is 0 Å². The highest BCUT2D eigenvalue weighted by atomic mass is 32.1. The lowest BCUT2D eigenvalue weighted by molar-refractivity contribution is 0.340. The van der Waals surface area contributed by atoms with Crippen LogP contribution in [0.3, 0.4) is 0 Å². The summed E-state index contributed by atoms with van der Waals surface area (Å²) in [6.07, 6.45) is 1.68. The van der Waals surface area contributed by atoms with Gasteiger partial charge in [-0.1, -0.05) is 30.3 Å². The standard InChI is InChI=1S/C16H17N3OS/c1-2-20-15-11-7-6-8-13(15)12-17-19-16(21)18-14-9-4-3-5-10-14/h3-12H,2H2,1H3,(H2,18,19,21)/b17-12+. The Balaban J connectivity index is 1.92. The van der Waals surface area contributed by atoms with Crippen LogP contribution in [0.1, 0.15) is 12.5 Å². The summed E-state index contributed by atoms with van der Waals surface area (Å²) in [7, 11) is 0. The number of benzene rings is 2. The molecule has 4 nitrogen and oxygen atoms in total. The molecule has 0 aliphatic heterocycles. The second-order valence-corrected chi connectivity index (χ2v) is 4.57. The SMILES string of the molecule is CCOc1ccccc1/C=N/NC(=S)Nc1ccccc1. The van der Waals surface area contributed by atoms with Crippen LogP contribution in [-0.2, 0) is 0 Å². The fourth-order valence-corrected chi connectivity index (χ4v) is 1.89. The first-order valence-electron chi connectivity index (χ1n) is 6.66. The van der Waals surface area contributed by atoms with Gasteiger partial charge in [0.15, 0.2) is 5.11 Å². The van der Waals surface area contributed by atoms with Crippen LogP contribution in [0.25, 0.3) is 0 Å². The van der Waals surface area contributed by atoms with Crippen molar-refractivity contribution in [3.63, 3.8) is 0 Å². The van der Waals surface area contributed by atoms with E-state index in [1.807, 2.05) is 61.5 Å². The molecule has 0 saturated heterocycles. The van der Waals surface area contributed by atoms with Crippen LogP contribution >= 0.6 is 12.2 Å². The molecule has 5 heteroatoms. The fraction of sp³-hybridized carbons (Fsp3) is 0.125. The van der Waals surface area contributed by atoms with Crippen molar-refractivity contribution in [1.82, 2.24) is 5.43 Å². The van der Waals surface area contributed by atoms with Crippen LogP contribution in [0.5, 0.6) is 5.75 Å². The number of anilines is 1. The van der Waals surface area contributed by atoms with E-state index in [2.05, 4.69) is 15.8 Å². The molecule has 0 unspecified atom stereocenters. The molecule has 0 atom stereocenters. The largest absolute Gasteiger partial charge is 0.493 e. The van der Waals surface area contributed by atoms with E-state index in [1.165, 1.54) is 0 Å². The van der Waals surface area contributed by atoms with Crippen molar-refractivity contribution in [2.24, 2.45) is 5.10 Å². The van der Waals surface area contributed by atoms with Gasteiger partial charge in [-0.2, -0.15) is 5.10 Å². The number of hydrogen-bond acceptors (Lipinski definition) is 3. The highest BCUT2D eigenvalue weighted by Gasteiger charge is 1.99. The van der Waals surface area contributed by atoms with Crippen molar-refractivity contribution >= 4 is 29.2 Å². The Hall–Kier alpha value is -2.40. The predicted molar refractivity (Wildman–Crippen MR) is 91.0 cm³/mol. The Labute approximate surface area is 129 Å². The third kappa shape index (κ3) is 4.89. The number of ether oxygens (including phenoxy) is 1. The molecule has 2 rings (SSSR count). The zero-order valence-electron chi connectivity index (χ0n) is 11.7. The first-order valence-corrected chi connectivity index (χ1v) is 7.07. The van der Waals surface area contributed by atoms with E-state index in [-0.39, 0.29) is 0 Å². The minimum absolute atomic E-state index is 0.436. The first kappa shape index (κ1) is 15.0. The molecule has 0 aliphatic carbocycles. The summed E-state index contributed by atoms with van der Waals surface area (Å²) in [5, 5.41) is 7.60. The maximum atomic E-state index is 5.52. The minimum Gasteiger partial charge on any atom is -0.493 e. The smallest absolute Gasteiger partial charge is 0.191 e. The average molecular weight is 299 g/mol. The number of rotatable bonds is 5. The Bertz CT molecular complexity index is 614. The van der Waals surface area contributed by atoms with E-state index in [0.29, 0.717) is 11.7 Å². The Morgan fingerprint density at radius 2 is 1.86 bits per heavy atom. The Morgan fingerprint density at radius 3 is 2.62 bits per heavy atom. The maximum absolute atomic E-state index is 5.52. The lowest BCUT2D eigenvalue weighted by Gasteiger charge is -2.07. The molecule has 0 aromatic heterocycles. The van der Waals surface area contributed by atoms with Gasteiger partial charge in [-0.25, -0.2) is 0 Å². The molecule has 0 radical (unpaired) electrons. The van der Waals surface area contributed by atoms with E-state index in [1.54, 1.807) is 6.21 Å². The molecule has 108 valence electrons. The summed E-state index contributed by atoms with van der Waals surface area (Å²) in [4.78, 5) is 0. The highest BCUT2D eigenvalue weighted by molar-refractivity contribution is 7.80. The number of para-hydroxylation sites is 2. The summed E-state index contributed by atoms with van der Waals surface area (Å²) in [6, 6.07) is 17.4. The fourth-order valence-electron chi connectivity index (χ4n) is 1.72. The van der Waals surface area contributed by atoms with Gasteiger partial charge in [-0.3, -0.25) is 5.43 Å². The third-order valence-corrected chi connectivity index (χ3v) is 2.81. The number of hydrazone groups is 1. The van der Waals surface area contributed by atoms with Gasteiger partial charge >= 0.3 is 0 Å². The Morgan fingerprint density at radius 1 is 1.14 bits per heavy atom. The molecule has 0 bridgehead atoms. The molecule has 0 fully saturated rings. The van der Waals surface area contributed by atoms with Gasteiger partial charge in [-0.15, -0.1) is 0 Å². The van der Waals surface area contributed by atoms with Gasteiger partial charge in [0, 0.05) is 11.3 Å². The maximum Gasteiger partial charge on any atom is 0.191 e. The van der Waals surface area contributed by atoms with E-state index in [4.69, 9.17) is 17.0 Å². The molecular weight excluding hydrogens is 282 g/mol. The quantitative estimate of drug-likeness (QED) is 0.504. The van der Waals surface area contributed by atoms with E-state index in [0.717, 1.165) is 17.0 Å². The molecule has 0 aliphatic rings. The zero-order chi connectivity index (χ0) is 14.9. The lowest BCUT2D eigenvalue weighted by Crippen LogP contribution is -2.23. The molecule has 0 amide bonds. The minimum atomic E-state index is 0.436. The van der Waals surface area contributed by atoms with Gasteiger partial charge in [-0.05, 0) is 43.4 Å².